The molecule has 2 N–H and O–H groups in total. The van der Waals surface area contributed by atoms with Crippen molar-refractivity contribution in [1.82, 2.24) is 10.2 Å². The van der Waals surface area contributed by atoms with Gasteiger partial charge in [0.1, 0.15) is 6.23 Å². The van der Waals surface area contributed by atoms with E-state index in [4.69, 9.17) is 0 Å². The molecule has 100 valence electrons. The van der Waals surface area contributed by atoms with Crippen molar-refractivity contribution in [2.24, 2.45) is 0 Å². The van der Waals surface area contributed by atoms with Crippen LogP contribution in [0.25, 0.3) is 0 Å². The average molecular weight is 242 g/mol. The lowest BCUT2D eigenvalue weighted by Crippen LogP contribution is -2.45. The fourth-order valence-corrected chi connectivity index (χ4v) is 2.29. The second kappa shape index (κ2) is 7.67. The first kappa shape index (κ1) is 14.5. The van der Waals surface area contributed by atoms with Crippen molar-refractivity contribution in [3.63, 3.8) is 0 Å². The molecule has 4 heteroatoms. The van der Waals surface area contributed by atoms with E-state index in [0.717, 1.165) is 32.4 Å². The first-order chi connectivity index (χ1) is 8.19. The summed E-state index contributed by atoms with van der Waals surface area (Å²) < 4.78 is 0. The summed E-state index contributed by atoms with van der Waals surface area (Å²) in [5, 5.41) is 12.3. The number of amides is 1. The van der Waals surface area contributed by atoms with E-state index in [1.54, 1.807) is 0 Å². The molecule has 17 heavy (non-hydrogen) atoms. The van der Waals surface area contributed by atoms with E-state index in [1.165, 1.54) is 12.8 Å². The maximum Gasteiger partial charge on any atom is 0.239 e. The molecular formula is C13H26N2O2. The van der Waals surface area contributed by atoms with Gasteiger partial charge in [-0.15, -0.1) is 0 Å². The van der Waals surface area contributed by atoms with Crippen molar-refractivity contribution in [3.8, 4) is 0 Å². The lowest BCUT2D eigenvalue weighted by molar-refractivity contribution is -0.133. The largest absolute Gasteiger partial charge is 0.379 e. The minimum Gasteiger partial charge on any atom is -0.379 e. The number of hydrogen-bond acceptors (Lipinski definition) is 3. The second-order valence-corrected chi connectivity index (χ2v) is 4.84. The lowest BCUT2D eigenvalue weighted by atomic mass is 10.1. The summed E-state index contributed by atoms with van der Waals surface area (Å²) in [5.74, 6) is 0.166. The average Bonchev–Trinajstić information content (AvgIpc) is 2.74. The van der Waals surface area contributed by atoms with Crippen LogP contribution in [0.3, 0.4) is 0 Å². The zero-order valence-corrected chi connectivity index (χ0v) is 11.1. The van der Waals surface area contributed by atoms with E-state index in [2.05, 4.69) is 19.2 Å². The SMILES string of the molecule is CCCCCN(CCC)C(=O)[C@@H]1CCC(O)N1. The summed E-state index contributed by atoms with van der Waals surface area (Å²) in [6.07, 6.45) is 5.37. The number of aliphatic hydroxyl groups is 1. The molecule has 1 heterocycles. The standard InChI is InChI=1S/C13H26N2O2/c1-3-5-6-10-15(9-4-2)13(17)11-7-8-12(16)14-11/h11-12,14,16H,3-10H2,1-2H3/t11-,12?/m0/s1. The van der Waals surface area contributed by atoms with Crippen LogP contribution >= 0.6 is 0 Å². The number of rotatable bonds is 7. The molecule has 1 aliphatic rings. The molecule has 0 radical (unpaired) electrons. The van der Waals surface area contributed by atoms with Crippen LogP contribution in [-0.4, -0.2) is 41.3 Å². The van der Waals surface area contributed by atoms with Gasteiger partial charge in [-0.1, -0.05) is 26.7 Å². The molecule has 1 fully saturated rings. The third kappa shape index (κ3) is 4.64. The van der Waals surface area contributed by atoms with E-state index in [9.17, 15) is 9.90 Å². The Morgan fingerprint density at radius 1 is 1.24 bits per heavy atom. The minimum atomic E-state index is -0.497. The van der Waals surface area contributed by atoms with Crippen molar-refractivity contribution in [3.05, 3.63) is 0 Å². The van der Waals surface area contributed by atoms with E-state index < -0.39 is 6.23 Å². The molecule has 1 saturated heterocycles. The lowest BCUT2D eigenvalue weighted by Gasteiger charge is -2.25. The number of nitrogens with one attached hydrogen (secondary N) is 1. The Hall–Kier alpha value is -0.610. The molecule has 0 aromatic carbocycles. The van der Waals surface area contributed by atoms with Gasteiger partial charge in [0.25, 0.3) is 0 Å². The van der Waals surface area contributed by atoms with Gasteiger partial charge in [-0.05, 0) is 25.7 Å². The highest BCUT2D eigenvalue weighted by atomic mass is 16.3. The van der Waals surface area contributed by atoms with E-state index >= 15 is 0 Å². The summed E-state index contributed by atoms with van der Waals surface area (Å²) >= 11 is 0. The van der Waals surface area contributed by atoms with Crippen LogP contribution in [0.1, 0.15) is 52.4 Å². The summed E-state index contributed by atoms with van der Waals surface area (Å²) in [5.41, 5.74) is 0. The van der Waals surface area contributed by atoms with E-state index in [0.29, 0.717) is 6.42 Å². The highest BCUT2D eigenvalue weighted by Crippen LogP contribution is 2.13. The summed E-state index contributed by atoms with van der Waals surface area (Å²) in [6.45, 7) is 5.95. The molecule has 1 amide bonds. The smallest absolute Gasteiger partial charge is 0.239 e. The molecule has 0 saturated carbocycles. The number of aliphatic hydroxyl groups excluding tert-OH is 1. The fourth-order valence-electron chi connectivity index (χ4n) is 2.29. The highest BCUT2D eigenvalue weighted by Gasteiger charge is 2.30. The van der Waals surface area contributed by atoms with Gasteiger partial charge in [0.2, 0.25) is 5.91 Å². The molecule has 0 aromatic rings. The van der Waals surface area contributed by atoms with Crippen LogP contribution in [0, 0.1) is 0 Å². The number of carbonyl (C=O) groups is 1. The highest BCUT2D eigenvalue weighted by molar-refractivity contribution is 5.82. The Labute approximate surface area is 104 Å². The van der Waals surface area contributed by atoms with Crippen LogP contribution in [0.15, 0.2) is 0 Å². The van der Waals surface area contributed by atoms with Crippen molar-refractivity contribution in [1.29, 1.82) is 0 Å². The third-order valence-corrected chi connectivity index (χ3v) is 3.26. The molecule has 1 aliphatic heterocycles. The fraction of sp³-hybridized carbons (Fsp3) is 0.923. The second-order valence-electron chi connectivity index (χ2n) is 4.84. The normalized spacial score (nSPS) is 23.9. The predicted octanol–water partition coefficient (Wildman–Crippen LogP) is 1.49. The summed E-state index contributed by atoms with van der Waals surface area (Å²) in [6, 6.07) is -0.168. The van der Waals surface area contributed by atoms with Crippen LogP contribution in [0.4, 0.5) is 0 Å². The summed E-state index contributed by atoms with van der Waals surface area (Å²) in [4.78, 5) is 14.2. The molecule has 0 bridgehead atoms. The van der Waals surface area contributed by atoms with Crippen LogP contribution in [0.2, 0.25) is 0 Å². The topological polar surface area (TPSA) is 52.6 Å². The summed E-state index contributed by atoms with van der Waals surface area (Å²) in [7, 11) is 0. The van der Waals surface area contributed by atoms with Gasteiger partial charge >= 0.3 is 0 Å². The van der Waals surface area contributed by atoms with Crippen LogP contribution < -0.4 is 5.32 Å². The minimum absolute atomic E-state index is 0.166. The molecule has 4 nitrogen and oxygen atoms in total. The van der Waals surface area contributed by atoms with Crippen LogP contribution in [-0.2, 0) is 4.79 Å². The molecule has 1 rings (SSSR count). The zero-order valence-electron chi connectivity index (χ0n) is 11.1. The number of hydrogen-bond donors (Lipinski definition) is 2. The Kier molecular flexibility index (Phi) is 6.52. The maximum atomic E-state index is 12.2. The van der Waals surface area contributed by atoms with Crippen molar-refractivity contribution < 1.29 is 9.90 Å². The number of nitrogens with zero attached hydrogens (tertiary/aromatic N) is 1. The first-order valence-electron chi connectivity index (χ1n) is 6.92. The van der Waals surface area contributed by atoms with Gasteiger partial charge in [0, 0.05) is 13.1 Å². The van der Waals surface area contributed by atoms with Gasteiger partial charge in [0.05, 0.1) is 6.04 Å². The first-order valence-corrected chi connectivity index (χ1v) is 6.92. The Morgan fingerprint density at radius 2 is 2.00 bits per heavy atom. The molecule has 0 aromatic heterocycles. The third-order valence-electron chi connectivity index (χ3n) is 3.26. The van der Waals surface area contributed by atoms with E-state index in [1.807, 2.05) is 4.90 Å². The monoisotopic (exact) mass is 242 g/mol. The molecule has 2 atom stereocenters. The Bertz CT molecular complexity index is 233. The van der Waals surface area contributed by atoms with E-state index in [-0.39, 0.29) is 11.9 Å². The molecular weight excluding hydrogens is 216 g/mol. The molecule has 1 unspecified atom stereocenters. The Morgan fingerprint density at radius 3 is 2.53 bits per heavy atom. The van der Waals surface area contributed by atoms with Gasteiger partial charge in [0.15, 0.2) is 0 Å². The molecule has 0 aliphatic carbocycles. The Balaban J connectivity index is 2.42. The van der Waals surface area contributed by atoms with Gasteiger partial charge in [-0.25, -0.2) is 0 Å². The predicted molar refractivity (Wildman–Crippen MR) is 68.6 cm³/mol. The van der Waals surface area contributed by atoms with Crippen molar-refractivity contribution >= 4 is 5.91 Å². The number of carbonyl (C=O) groups excluding carboxylic acids is 1. The van der Waals surface area contributed by atoms with Crippen molar-refractivity contribution in [2.75, 3.05) is 13.1 Å². The van der Waals surface area contributed by atoms with Crippen molar-refractivity contribution in [2.45, 2.75) is 64.6 Å². The number of unbranched alkanes of at least 4 members (excludes halogenated alkanes) is 2. The maximum absolute atomic E-state index is 12.2. The molecule has 0 spiro atoms. The van der Waals surface area contributed by atoms with Gasteiger partial charge in [-0.2, -0.15) is 0 Å². The van der Waals surface area contributed by atoms with Gasteiger partial charge in [-0.3, -0.25) is 10.1 Å². The van der Waals surface area contributed by atoms with Gasteiger partial charge < -0.3 is 10.0 Å². The quantitative estimate of drug-likeness (QED) is 0.665. The van der Waals surface area contributed by atoms with Crippen LogP contribution in [0.5, 0.6) is 0 Å². The zero-order chi connectivity index (χ0) is 12.7.